The van der Waals surface area contributed by atoms with Crippen LogP contribution in [-0.4, -0.2) is 93.2 Å². The van der Waals surface area contributed by atoms with Crippen LogP contribution < -0.4 is 0 Å². The molecule has 2 saturated heterocycles. The van der Waals surface area contributed by atoms with Crippen molar-refractivity contribution in [1.29, 1.82) is 0 Å². The molecular weight excluding hydrogens is 394 g/mol. The molecule has 6 nitrogen and oxygen atoms in total. The van der Waals surface area contributed by atoms with Crippen LogP contribution >= 0.6 is 11.8 Å². The number of thioether (sulfide) groups is 1. The van der Waals surface area contributed by atoms with Gasteiger partial charge in [-0.1, -0.05) is 12.8 Å². The molecule has 2 aliphatic heterocycles. The van der Waals surface area contributed by atoms with E-state index in [0.717, 1.165) is 55.7 Å². The first kappa shape index (κ1) is 20.8. The zero-order valence-corrected chi connectivity index (χ0v) is 19.3. The standard InChI is InChI=1S/C23H37N5OS/c1-2-28-21-8-7-19(26-11-9-25(10-12-26)18-5-3-4-6-18)17-20(21)22(24-28)23(29)27-13-15-30-16-14-27/h18-19H,2-17H2,1H3. The van der Waals surface area contributed by atoms with Crippen LogP contribution in [0.1, 0.15) is 60.8 Å². The van der Waals surface area contributed by atoms with Gasteiger partial charge in [0.1, 0.15) is 0 Å². The smallest absolute Gasteiger partial charge is 0.274 e. The molecule has 7 heteroatoms. The molecule has 0 bridgehead atoms. The molecule has 5 rings (SSSR count). The van der Waals surface area contributed by atoms with Crippen molar-refractivity contribution >= 4 is 17.7 Å². The quantitative estimate of drug-likeness (QED) is 0.733. The Labute approximate surface area is 185 Å². The van der Waals surface area contributed by atoms with Gasteiger partial charge in [-0.2, -0.15) is 16.9 Å². The number of carbonyl (C=O) groups is 1. The molecule has 3 fully saturated rings. The van der Waals surface area contributed by atoms with Gasteiger partial charge in [-0.05, 0) is 39.0 Å². The van der Waals surface area contributed by atoms with E-state index in [-0.39, 0.29) is 5.91 Å². The minimum atomic E-state index is 0.172. The summed E-state index contributed by atoms with van der Waals surface area (Å²) in [6.07, 6.45) is 8.92. The average Bonchev–Trinajstić information content (AvgIpc) is 3.47. The number of fused-ring (bicyclic) bond motifs is 1. The number of rotatable bonds is 4. The Bertz CT molecular complexity index is 745. The number of hydrogen-bond acceptors (Lipinski definition) is 5. The fourth-order valence-electron chi connectivity index (χ4n) is 6.07. The predicted octanol–water partition coefficient (Wildman–Crippen LogP) is 2.51. The monoisotopic (exact) mass is 431 g/mol. The number of amides is 1. The summed E-state index contributed by atoms with van der Waals surface area (Å²) in [4.78, 5) is 20.8. The topological polar surface area (TPSA) is 44.6 Å². The van der Waals surface area contributed by atoms with Crippen LogP contribution in [0.2, 0.25) is 0 Å². The lowest BCUT2D eigenvalue weighted by Crippen LogP contribution is -2.53. The third-order valence-electron chi connectivity index (χ3n) is 7.83. The largest absolute Gasteiger partial charge is 0.336 e. The van der Waals surface area contributed by atoms with Gasteiger partial charge in [-0.25, -0.2) is 0 Å². The van der Waals surface area contributed by atoms with Gasteiger partial charge >= 0.3 is 0 Å². The lowest BCUT2D eigenvalue weighted by atomic mass is 9.89. The highest BCUT2D eigenvalue weighted by molar-refractivity contribution is 7.99. The zero-order valence-electron chi connectivity index (χ0n) is 18.5. The second-order valence-corrected chi connectivity index (χ2v) is 10.6. The van der Waals surface area contributed by atoms with Crippen LogP contribution in [0.5, 0.6) is 0 Å². The number of aromatic nitrogens is 2. The maximum absolute atomic E-state index is 13.3. The number of hydrogen-bond donors (Lipinski definition) is 0. The van der Waals surface area contributed by atoms with Crippen molar-refractivity contribution in [2.24, 2.45) is 0 Å². The Morgan fingerprint density at radius 1 is 0.967 bits per heavy atom. The number of aryl methyl sites for hydroxylation is 1. The van der Waals surface area contributed by atoms with Gasteiger partial charge in [0, 0.05) is 80.7 Å². The summed E-state index contributed by atoms with van der Waals surface area (Å²) < 4.78 is 2.11. The molecule has 1 aromatic rings. The summed E-state index contributed by atoms with van der Waals surface area (Å²) >= 11 is 1.95. The van der Waals surface area contributed by atoms with Crippen molar-refractivity contribution in [3.05, 3.63) is 17.0 Å². The maximum Gasteiger partial charge on any atom is 0.274 e. The van der Waals surface area contributed by atoms with Crippen molar-refractivity contribution in [2.45, 2.75) is 70.5 Å². The van der Waals surface area contributed by atoms with Crippen LogP contribution in [0.25, 0.3) is 0 Å². The second-order valence-electron chi connectivity index (χ2n) is 9.40. The van der Waals surface area contributed by atoms with Crippen LogP contribution in [0.3, 0.4) is 0 Å². The highest BCUT2D eigenvalue weighted by atomic mass is 32.2. The molecule has 166 valence electrons. The first-order chi connectivity index (χ1) is 14.7. The SMILES string of the molecule is CCn1nc(C(=O)N2CCSCC2)c2c1CCC(N1CCN(C3CCCC3)CC1)C2. The lowest BCUT2D eigenvalue weighted by molar-refractivity contribution is 0.0650. The third-order valence-corrected chi connectivity index (χ3v) is 8.77. The molecule has 1 atom stereocenters. The van der Waals surface area contributed by atoms with Crippen LogP contribution in [0.4, 0.5) is 0 Å². The molecular formula is C23H37N5OS. The Balaban J connectivity index is 1.28. The highest BCUT2D eigenvalue weighted by Gasteiger charge is 2.35. The molecule has 4 aliphatic rings. The predicted molar refractivity (Wildman–Crippen MR) is 122 cm³/mol. The molecule has 30 heavy (non-hydrogen) atoms. The van der Waals surface area contributed by atoms with E-state index in [2.05, 4.69) is 21.4 Å². The summed E-state index contributed by atoms with van der Waals surface area (Å²) in [6.45, 7) is 9.55. The fraction of sp³-hybridized carbons (Fsp3) is 0.826. The first-order valence-corrected chi connectivity index (χ1v) is 13.3. The summed E-state index contributed by atoms with van der Waals surface area (Å²) in [6, 6.07) is 1.42. The summed E-state index contributed by atoms with van der Waals surface area (Å²) in [5.41, 5.74) is 3.34. The van der Waals surface area contributed by atoms with Crippen molar-refractivity contribution in [3.63, 3.8) is 0 Å². The Hall–Kier alpha value is -1.05. The van der Waals surface area contributed by atoms with E-state index in [0.29, 0.717) is 6.04 Å². The van der Waals surface area contributed by atoms with Gasteiger partial charge in [0.25, 0.3) is 5.91 Å². The van der Waals surface area contributed by atoms with Crippen molar-refractivity contribution in [1.82, 2.24) is 24.5 Å². The molecule has 1 amide bonds. The van der Waals surface area contributed by atoms with Gasteiger partial charge in [0.15, 0.2) is 5.69 Å². The normalized spacial score (nSPS) is 26.8. The van der Waals surface area contributed by atoms with Gasteiger partial charge in [0.05, 0.1) is 0 Å². The molecule has 3 heterocycles. The molecule has 0 radical (unpaired) electrons. The van der Waals surface area contributed by atoms with E-state index in [1.807, 2.05) is 16.7 Å². The molecule has 0 N–H and O–H groups in total. The summed E-state index contributed by atoms with van der Waals surface area (Å²) in [5.74, 6) is 2.28. The summed E-state index contributed by atoms with van der Waals surface area (Å²) in [5, 5.41) is 4.82. The van der Waals surface area contributed by atoms with Gasteiger partial charge in [0.2, 0.25) is 0 Å². The zero-order chi connectivity index (χ0) is 20.5. The number of nitrogens with zero attached hydrogens (tertiary/aromatic N) is 5. The van der Waals surface area contributed by atoms with Crippen LogP contribution in [0.15, 0.2) is 0 Å². The van der Waals surface area contributed by atoms with Crippen molar-refractivity contribution < 1.29 is 4.79 Å². The van der Waals surface area contributed by atoms with Gasteiger partial charge in [-0.3, -0.25) is 19.3 Å². The van der Waals surface area contributed by atoms with E-state index in [4.69, 9.17) is 5.10 Å². The minimum Gasteiger partial charge on any atom is -0.336 e. The lowest BCUT2D eigenvalue weighted by Gasteiger charge is -2.42. The highest BCUT2D eigenvalue weighted by Crippen LogP contribution is 2.30. The van der Waals surface area contributed by atoms with E-state index in [1.165, 1.54) is 69.5 Å². The minimum absolute atomic E-state index is 0.172. The van der Waals surface area contributed by atoms with Crippen LogP contribution in [-0.2, 0) is 19.4 Å². The van der Waals surface area contributed by atoms with Gasteiger partial charge < -0.3 is 4.90 Å². The van der Waals surface area contributed by atoms with E-state index in [9.17, 15) is 4.79 Å². The third kappa shape index (κ3) is 4.05. The maximum atomic E-state index is 13.3. The molecule has 1 saturated carbocycles. The molecule has 0 spiro atoms. The molecule has 1 aromatic heterocycles. The Morgan fingerprint density at radius 3 is 2.30 bits per heavy atom. The average molecular weight is 432 g/mol. The van der Waals surface area contributed by atoms with Crippen molar-refractivity contribution in [3.8, 4) is 0 Å². The number of piperazine rings is 1. The first-order valence-electron chi connectivity index (χ1n) is 12.2. The summed E-state index contributed by atoms with van der Waals surface area (Å²) in [7, 11) is 0. The van der Waals surface area contributed by atoms with Gasteiger partial charge in [-0.15, -0.1) is 0 Å². The second kappa shape index (κ2) is 9.21. The van der Waals surface area contributed by atoms with E-state index >= 15 is 0 Å². The number of carbonyl (C=O) groups excluding carboxylic acids is 1. The van der Waals surface area contributed by atoms with Crippen LogP contribution in [0, 0.1) is 0 Å². The van der Waals surface area contributed by atoms with Crippen molar-refractivity contribution in [2.75, 3.05) is 50.8 Å². The molecule has 0 aromatic carbocycles. The van der Waals surface area contributed by atoms with E-state index < -0.39 is 0 Å². The molecule has 2 aliphatic carbocycles. The Kier molecular flexibility index (Phi) is 6.39. The molecule has 1 unspecified atom stereocenters. The fourth-order valence-corrected chi connectivity index (χ4v) is 6.97. The Morgan fingerprint density at radius 2 is 1.63 bits per heavy atom. The van der Waals surface area contributed by atoms with E-state index in [1.54, 1.807) is 0 Å².